The Morgan fingerprint density at radius 2 is 1.46 bits per heavy atom. The number of carboxylic acid groups (broad SMARTS) is 1. The molecule has 0 atom stereocenters. The zero-order valence-corrected chi connectivity index (χ0v) is 18.5. The fraction of sp³-hybridized carbons (Fsp3) is 0.125. The molecule has 1 aromatic heterocycles. The van der Waals surface area contributed by atoms with Crippen LogP contribution in [0.1, 0.15) is 34.2 Å². The van der Waals surface area contributed by atoms with Crippen molar-refractivity contribution in [3.63, 3.8) is 0 Å². The van der Waals surface area contributed by atoms with Crippen LogP contribution in [-0.4, -0.2) is 27.3 Å². The normalized spacial score (nSPS) is 14.7. The maximum absolute atomic E-state index is 14.3. The summed E-state index contributed by atoms with van der Waals surface area (Å²) in [6, 6.07) is 7.81. The summed E-state index contributed by atoms with van der Waals surface area (Å²) in [5.74, 6) is -13.2. The van der Waals surface area contributed by atoms with Crippen LogP contribution in [0.4, 0.5) is 27.6 Å². The molecule has 0 bridgehead atoms. The molecule has 0 unspecified atom stereocenters. The second-order valence-electron chi connectivity index (χ2n) is 7.79. The van der Waals surface area contributed by atoms with Crippen LogP contribution in [0.25, 0.3) is 11.8 Å². The Kier molecular flexibility index (Phi) is 5.79. The van der Waals surface area contributed by atoms with E-state index in [1.807, 2.05) is 0 Å². The monoisotopic (exact) mass is 489 g/mol. The van der Waals surface area contributed by atoms with Gasteiger partial charge in [-0.05, 0) is 62.7 Å². The molecule has 0 fully saturated rings. The van der Waals surface area contributed by atoms with Crippen LogP contribution in [0.15, 0.2) is 41.0 Å². The number of aromatic carboxylic acids is 1. The first kappa shape index (κ1) is 23.9. The van der Waals surface area contributed by atoms with E-state index in [0.717, 1.165) is 5.69 Å². The topological polar surface area (TPSA) is 74.9 Å². The molecule has 3 aromatic rings. The molecular formula is C24H16F5N3O3. The fourth-order valence-electron chi connectivity index (χ4n) is 3.85. The van der Waals surface area contributed by atoms with Gasteiger partial charge in [0.15, 0.2) is 23.3 Å². The highest BCUT2D eigenvalue weighted by Gasteiger charge is 2.37. The lowest BCUT2D eigenvalue weighted by molar-refractivity contribution is -0.114. The number of halogens is 5. The minimum absolute atomic E-state index is 0.00885. The van der Waals surface area contributed by atoms with Crippen molar-refractivity contribution < 1.29 is 36.6 Å². The van der Waals surface area contributed by atoms with E-state index in [2.05, 4.69) is 5.10 Å². The molecule has 4 rings (SSSR count). The third-order valence-corrected chi connectivity index (χ3v) is 5.60. The summed E-state index contributed by atoms with van der Waals surface area (Å²) in [5.41, 5.74) is 1.11. The highest BCUT2D eigenvalue weighted by atomic mass is 19.2. The molecule has 1 amide bonds. The van der Waals surface area contributed by atoms with Crippen molar-refractivity contribution in [3.05, 3.63) is 87.5 Å². The predicted molar refractivity (Wildman–Crippen MR) is 117 cm³/mol. The number of hydrazone groups is 1. The molecule has 6 nitrogen and oxygen atoms in total. The van der Waals surface area contributed by atoms with Crippen molar-refractivity contribution >= 4 is 29.4 Å². The third-order valence-electron chi connectivity index (χ3n) is 5.60. The number of carbonyl (C=O) groups is 2. The second kappa shape index (κ2) is 8.49. The molecule has 0 saturated heterocycles. The van der Waals surface area contributed by atoms with Crippen LogP contribution in [0.5, 0.6) is 0 Å². The van der Waals surface area contributed by atoms with E-state index >= 15 is 0 Å². The minimum Gasteiger partial charge on any atom is -0.478 e. The predicted octanol–water partition coefficient (Wildman–Crippen LogP) is 5.29. The van der Waals surface area contributed by atoms with Gasteiger partial charge in [-0.15, -0.1) is 0 Å². The number of aryl methyl sites for hydroxylation is 1. The second-order valence-corrected chi connectivity index (χ2v) is 7.79. The molecule has 2 aromatic carbocycles. The number of amides is 1. The summed E-state index contributed by atoms with van der Waals surface area (Å²) in [6.45, 7) is 4.87. The van der Waals surface area contributed by atoms with E-state index in [4.69, 9.17) is 5.11 Å². The molecule has 11 heteroatoms. The zero-order chi connectivity index (χ0) is 25.8. The summed E-state index contributed by atoms with van der Waals surface area (Å²) >= 11 is 0. The first-order valence-corrected chi connectivity index (χ1v) is 10.1. The molecule has 0 spiro atoms. The van der Waals surface area contributed by atoms with Gasteiger partial charge in [0.25, 0.3) is 5.91 Å². The van der Waals surface area contributed by atoms with Crippen molar-refractivity contribution in [2.24, 2.45) is 5.10 Å². The van der Waals surface area contributed by atoms with Crippen LogP contribution in [0, 0.1) is 42.9 Å². The number of nitrogens with zero attached hydrogens (tertiary/aromatic N) is 3. The number of anilines is 1. The summed E-state index contributed by atoms with van der Waals surface area (Å²) in [7, 11) is 0. The molecule has 0 radical (unpaired) electrons. The third kappa shape index (κ3) is 3.78. The highest BCUT2D eigenvalue weighted by molar-refractivity contribution is 6.32. The number of aromatic nitrogens is 1. The lowest BCUT2D eigenvalue weighted by Gasteiger charge is -2.15. The fourth-order valence-corrected chi connectivity index (χ4v) is 3.85. The number of rotatable bonds is 4. The Morgan fingerprint density at radius 3 is 2.00 bits per heavy atom. The largest absolute Gasteiger partial charge is 0.478 e. The first-order chi connectivity index (χ1) is 16.4. The minimum atomic E-state index is -2.34. The van der Waals surface area contributed by atoms with Crippen LogP contribution >= 0.6 is 0 Å². The zero-order valence-electron chi connectivity index (χ0n) is 18.5. The SMILES string of the molecule is CC1=NN(c2c(F)c(F)c(F)c(F)c2F)C(=O)/C1=C/c1cc(C)n(-c2ccc(C(=O)O)cc2)c1C. The molecule has 180 valence electrons. The van der Waals surface area contributed by atoms with Gasteiger partial charge in [-0.3, -0.25) is 4.79 Å². The van der Waals surface area contributed by atoms with Crippen molar-refractivity contribution in [2.45, 2.75) is 20.8 Å². The van der Waals surface area contributed by atoms with E-state index in [-0.39, 0.29) is 21.9 Å². The van der Waals surface area contributed by atoms with Crippen molar-refractivity contribution in [1.82, 2.24) is 4.57 Å². The Morgan fingerprint density at radius 1 is 0.914 bits per heavy atom. The maximum Gasteiger partial charge on any atom is 0.335 e. The van der Waals surface area contributed by atoms with Crippen molar-refractivity contribution in [2.75, 3.05) is 5.01 Å². The van der Waals surface area contributed by atoms with Gasteiger partial charge in [0, 0.05) is 17.1 Å². The summed E-state index contributed by atoms with van der Waals surface area (Å²) < 4.78 is 71.0. The van der Waals surface area contributed by atoms with E-state index in [1.165, 1.54) is 25.1 Å². The van der Waals surface area contributed by atoms with Crippen molar-refractivity contribution in [3.8, 4) is 5.69 Å². The Bertz CT molecular complexity index is 1440. The van der Waals surface area contributed by atoms with Gasteiger partial charge >= 0.3 is 5.97 Å². The molecule has 1 aliphatic heterocycles. The number of benzene rings is 2. The van der Waals surface area contributed by atoms with Crippen molar-refractivity contribution in [1.29, 1.82) is 0 Å². The van der Waals surface area contributed by atoms with Gasteiger partial charge in [0.2, 0.25) is 5.82 Å². The lowest BCUT2D eigenvalue weighted by Crippen LogP contribution is -2.25. The summed E-state index contributed by atoms with van der Waals surface area (Å²) in [6.07, 6.45) is 1.40. The Balaban J connectivity index is 1.75. The smallest absolute Gasteiger partial charge is 0.335 e. The average Bonchev–Trinajstić information content (AvgIpc) is 3.26. The quantitative estimate of drug-likeness (QED) is 0.234. The summed E-state index contributed by atoms with van der Waals surface area (Å²) in [5, 5.41) is 13.0. The molecule has 0 aliphatic carbocycles. The standard InChI is InChI=1S/C24H16F5N3O3/c1-10-8-14(12(3)31(10)15-6-4-13(5-7-15)24(34)35)9-16-11(2)30-32(23(16)33)22-20(28)18(26)17(25)19(27)21(22)29/h4-9H,1-3H3,(H,34,35)/b16-9+. The van der Waals surface area contributed by atoms with Crippen LogP contribution < -0.4 is 5.01 Å². The molecule has 35 heavy (non-hydrogen) atoms. The first-order valence-electron chi connectivity index (χ1n) is 10.1. The molecule has 0 saturated carbocycles. The van der Waals surface area contributed by atoms with Crippen LogP contribution in [-0.2, 0) is 4.79 Å². The molecular weight excluding hydrogens is 473 g/mol. The molecule has 1 aliphatic rings. The van der Waals surface area contributed by atoms with E-state index in [1.54, 1.807) is 36.6 Å². The van der Waals surface area contributed by atoms with E-state index < -0.39 is 46.6 Å². The maximum atomic E-state index is 14.3. The summed E-state index contributed by atoms with van der Waals surface area (Å²) in [4.78, 5) is 24.0. The van der Waals surface area contributed by atoms with Gasteiger partial charge in [-0.2, -0.15) is 10.1 Å². The Labute approximate surface area is 195 Å². The number of carbonyl (C=O) groups excluding carboxylic acids is 1. The Hall–Kier alpha value is -4.28. The molecule has 1 N–H and O–H groups in total. The highest BCUT2D eigenvalue weighted by Crippen LogP contribution is 2.34. The van der Waals surface area contributed by atoms with Gasteiger partial charge in [0.1, 0.15) is 5.69 Å². The van der Waals surface area contributed by atoms with Crippen LogP contribution in [0.2, 0.25) is 0 Å². The van der Waals surface area contributed by atoms with Gasteiger partial charge < -0.3 is 9.67 Å². The number of carboxylic acids is 1. The van der Waals surface area contributed by atoms with Gasteiger partial charge in [-0.25, -0.2) is 26.7 Å². The van der Waals surface area contributed by atoms with E-state index in [9.17, 15) is 31.5 Å². The average molecular weight is 489 g/mol. The number of hydrogen-bond donors (Lipinski definition) is 1. The molecule has 2 heterocycles. The van der Waals surface area contributed by atoms with Gasteiger partial charge in [0.05, 0.1) is 16.8 Å². The number of hydrogen-bond acceptors (Lipinski definition) is 3. The lowest BCUT2D eigenvalue weighted by atomic mass is 10.1. The van der Waals surface area contributed by atoms with Crippen LogP contribution in [0.3, 0.4) is 0 Å². The van der Waals surface area contributed by atoms with E-state index in [0.29, 0.717) is 16.9 Å². The van der Waals surface area contributed by atoms with Gasteiger partial charge in [-0.1, -0.05) is 0 Å².